The van der Waals surface area contributed by atoms with Gasteiger partial charge < -0.3 is 65.1 Å². The lowest BCUT2D eigenvalue weighted by molar-refractivity contribution is -0.359. The molecule has 12 unspecified atom stereocenters. The minimum atomic E-state index is -1.79. The van der Waals surface area contributed by atoms with E-state index in [2.05, 4.69) is 31.3 Å². The van der Waals surface area contributed by atoms with Gasteiger partial charge in [0.2, 0.25) is 5.91 Å². The summed E-state index contributed by atoms with van der Waals surface area (Å²) in [6.07, 6.45) is 13.8. The molecular weight excluding hydrogens is 738 g/mol. The van der Waals surface area contributed by atoms with Gasteiger partial charge in [0.15, 0.2) is 12.6 Å². The van der Waals surface area contributed by atoms with Gasteiger partial charge in [0.25, 0.3) is 0 Å². The summed E-state index contributed by atoms with van der Waals surface area (Å²) in [6, 6.07) is -0.923. The molecule has 0 aromatic rings. The standard InChI is InChI=1S/C43H79NO13/c1-3-5-7-9-11-13-14-15-16-17-19-20-22-24-26-32(47)31(44-35(48)27-25-23-21-18-12-10-8-6-4-2)30-54-42-40(53)38(51)41(34(29-46)56-42)57-43-39(52)37(50)36(49)33(28-45)55-43/h17,19,24,26,31-34,36-43,45-47,49-53H,3-16,18,20-23,25,27-30H2,1-2H3,(H,44,48)/b19-17+,26-24+. The van der Waals surface area contributed by atoms with Crippen LogP contribution in [0.3, 0.4) is 0 Å². The van der Waals surface area contributed by atoms with E-state index in [4.69, 9.17) is 18.9 Å². The number of nitrogens with one attached hydrogen (secondary N) is 1. The lowest BCUT2D eigenvalue weighted by atomic mass is 9.97. The highest BCUT2D eigenvalue weighted by Crippen LogP contribution is 2.30. The normalized spacial score (nSPS) is 29.3. The molecule has 2 aliphatic heterocycles. The minimum absolute atomic E-state index is 0.255. The molecule has 2 fully saturated rings. The van der Waals surface area contributed by atoms with Gasteiger partial charge in [-0.15, -0.1) is 0 Å². The van der Waals surface area contributed by atoms with Crippen LogP contribution in [0.2, 0.25) is 0 Å². The predicted octanol–water partition coefficient (Wildman–Crippen LogP) is 3.82. The van der Waals surface area contributed by atoms with E-state index in [9.17, 15) is 45.6 Å². The third-order valence-corrected chi connectivity index (χ3v) is 10.9. The summed E-state index contributed by atoms with van der Waals surface area (Å²) >= 11 is 0. The zero-order valence-corrected chi connectivity index (χ0v) is 34.8. The van der Waals surface area contributed by atoms with Crippen molar-refractivity contribution in [3.05, 3.63) is 24.3 Å². The summed E-state index contributed by atoms with van der Waals surface area (Å²) in [6.45, 7) is 2.70. The van der Waals surface area contributed by atoms with Crippen LogP contribution < -0.4 is 5.32 Å². The average molecular weight is 818 g/mol. The molecule has 2 aliphatic rings. The lowest BCUT2D eigenvalue weighted by Crippen LogP contribution is -2.65. The zero-order chi connectivity index (χ0) is 41.8. The van der Waals surface area contributed by atoms with Crippen molar-refractivity contribution >= 4 is 5.91 Å². The molecule has 1 amide bonds. The number of carbonyl (C=O) groups is 1. The zero-order valence-electron chi connectivity index (χ0n) is 34.8. The third kappa shape index (κ3) is 20.1. The Balaban J connectivity index is 1.94. The molecule has 0 aromatic heterocycles. The summed E-state index contributed by atoms with van der Waals surface area (Å²) < 4.78 is 22.6. The van der Waals surface area contributed by atoms with Crippen molar-refractivity contribution in [1.82, 2.24) is 5.32 Å². The molecule has 12 atom stereocenters. The van der Waals surface area contributed by atoms with Gasteiger partial charge in [-0.05, 0) is 32.1 Å². The first kappa shape index (κ1) is 51.6. The highest BCUT2D eigenvalue weighted by atomic mass is 16.7. The van der Waals surface area contributed by atoms with E-state index in [1.54, 1.807) is 6.08 Å². The Morgan fingerprint density at radius 2 is 1.12 bits per heavy atom. The fourth-order valence-electron chi connectivity index (χ4n) is 7.19. The molecule has 14 heteroatoms. The van der Waals surface area contributed by atoms with Crippen LogP contribution in [0.25, 0.3) is 0 Å². The van der Waals surface area contributed by atoms with Gasteiger partial charge in [0.05, 0.1) is 32.0 Å². The smallest absolute Gasteiger partial charge is 0.220 e. The molecule has 0 bridgehead atoms. The van der Waals surface area contributed by atoms with E-state index < -0.39 is 86.8 Å². The van der Waals surface area contributed by atoms with Crippen molar-refractivity contribution < 1.29 is 64.6 Å². The minimum Gasteiger partial charge on any atom is -0.394 e. The maximum atomic E-state index is 13.0. The number of aliphatic hydroxyl groups is 8. The first-order chi connectivity index (χ1) is 27.6. The SMILES string of the molecule is CCCCCCCCCC/C=C/CC/C=C/C(O)C(COC1OC(CO)C(OC2OC(CO)C(O)C(O)C2O)C(O)C1O)NC(=O)CCCCCCCCCCC. The van der Waals surface area contributed by atoms with Crippen LogP contribution >= 0.6 is 0 Å². The fraction of sp³-hybridized carbons (Fsp3) is 0.884. The lowest BCUT2D eigenvalue weighted by Gasteiger charge is -2.46. The number of rotatable bonds is 32. The quantitative estimate of drug-likeness (QED) is 0.0348. The first-order valence-electron chi connectivity index (χ1n) is 22.1. The number of amides is 1. The Labute approximate surface area is 341 Å². The molecule has 0 radical (unpaired) electrons. The highest BCUT2D eigenvalue weighted by molar-refractivity contribution is 5.76. The van der Waals surface area contributed by atoms with Crippen LogP contribution in [0.15, 0.2) is 24.3 Å². The number of allylic oxidation sites excluding steroid dienone is 3. The third-order valence-electron chi connectivity index (χ3n) is 10.9. The second-order valence-electron chi connectivity index (χ2n) is 15.8. The second-order valence-corrected chi connectivity index (χ2v) is 15.8. The monoisotopic (exact) mass is 818 g/mol. The van der Waals surface area contributed by atoms with Crippen LogP contribution in [0.4, 0.5) is 0 Å². The molecule has 2 rings (SSSR count). The van der Waals surface area contributed by atoms with E-state index in [1.807, 2.05) is 6.08 Å². The van der Waals surface area contributed by atoms with E-state index in [1.165, 1.54) is 83.5 Å². The number of hydrogen-bond acceptors (Lipinski definition) is 13. The molecule has 14 nitrogen and oxygen atoms in total. The maximum absolute atomic E-state index is 13.0. The van der Waals surface area contributed by atoms with Crippen LogP contribution in [0.1, 0.15) is 149 Å². The molecule has 9 N–H and O–H groups in total. The Kier molecular flexibility index (Phi) is 28.4. The molecule has 0 saturated carbocycles. The van der Waals surface area contributed by atoms with Crippen molar-refractivity contribution in [1.29, 1.82) is 0 Å². The van der Waals surface area contributed by atoms with Crippen LogP contribution in [-0.4, -0.2) is 140 Å². The van der Waals surface area contributed by atoms with Gasteiger partial charge in [-0.2, -0.15) is 0 Å². The second kappa shape index (κ2) is 31.4. The number of unbranched alkanes of at least 4 members (excludes halogenated alkanes) is 17. The molecule has 334 valence electrons. The summed E-state index contributed by atoms with van der Waals surface area (Å²) in [5, 5.41) is 86.2. The van der Waals surface area contributed by atoms with Crippen molar-refractivity contribution in [2.45, 2.75) is 222 Å². The number of hydrogen-bond donors (Lipinski definition) is 9. The Bertz CT molecular complexity index is 1060. The summed E-state index contributed by atoms with van der Waals surface area (Å²) in [4.78, 5) is 13.0. The van der Waals surface area contributed by atoms with Crippen LogP contribution in [-0.2, 0) is 23.7 Å². The molecule has 57 heavy (non-hydrogen) atoms. The number of aliphatic hydroxyl groups excluding tert-OH is 8. The molecule has 2 saturated heterocycles. The molecule has 0 aliphatic carbocycles. The van der Waals surface area contributed by atoms with Crippen molar-refractivity contribution in [2.75, 3.05) is 19.8 Å². The largest absolute Gasteiger partial charge is 0.394 e. The highest BCUT2D eigenvalue weighted by Gasteiger charge is 2.50. The van der Waals surface area contributed by atoms with Crippen molar-refractivity contribution in [3.63, 3.8) is 0 Å². The Morgan fingerprint density at radius 1 is 0.614 bits per heavy atom. The van der Waals surface area contributed by atoms with Crippen LogP contribution in [0.5, 0.6) is 0 Å². The Morgan fingerprint density at radius 3 is 1.72 bits per heavy atom. The van der Waals surface area contributed by atoms with Crippen molar-refractivity contribution in [3.8, 4) is 0 Å². The number of carbonyl (C=O) groups excluding carboxylic acids is 1. The van der Waals surface area contributed by atoms with E-state index in [-0.39, 0.29) is 18.9 Å². The van der Waals surface area contributed by atoms with Crippen LogP contribution in [0, 0.1) is 0 Å². The molecular formula is C43H79NO13. The van der Waals surface area contributed by atoms with Gasteiger partial charge in [0, 0.05) is 6.42 Å². The molecule has 0 spiro atoms. The van der Waals surface area contributed by atoms with Gasteiger partial charge in [-0.1, -0.05) is 134 Å². The topological polar surface area (TPSA) is 228 Å². The summed E-state index contributed by atoms with van der Waals surface area (Å²) in [5.41, 5.74) is 0. The van der Waals surface area contributed by atoms with Gasteiger partial charge in [0.1, 0.15) is 48.8 Å². The maximum Gasteiger partial charge on any atom is 0.220 e. The molecule has 0 aromatic carbocycles. The first-order valence-corrected chi connectivity index (χ1v) is 22.1. The number of ether oxygens (including phenoxy) is 4. The van der Waals surface area contributed by atoms with Gasteiger partial charge >= 0.3 is 0 Å². The Hall–Kier alpha value is -1.53. The molecule has 2 heterocycles. The van der Waals surface area contributed by atoms with E-state index in [0.29, 0.717) is 12.8 Å². The van der Waals surface area contributed by atoms with Gasteiger partial charge in [-0.3, -0.25) is 4.79 Å². The summed E-state index contributed by atoms with van der Waals surface area (Å²) in [7, 11) is 0. The fourth-order valence-corrected chi connectivity index (χ4v) is 7.19. The predicted molar refractivity (Wildman–Crippen MR) is 217 cm³/mol. The van der Waals surface area contributed by atoms with E-state index in [0.717, 1.165) is 32.1 Å². The average Bonchev–Trinajstić information content (AvgIpc) is 3.21. The summed E-state index contributed by atoms with van der Waals surface area (Å²) in [5.74, 6) is -0.255. The van der Waals surface area contributed by atoms with Gasteiger partial charge in [-0.25, -0.2) is 0 Å². The van der Waals surface area contributed by atoms with E-state index >= 15 is 0 Å². The van der Waals surface area contributed by atoms with Crippen molar-refractivity contribution in [2.24, 2.45) is 0 Å².